The molecular weight excluding hydrogens is 275 g/mol. The molecule has 3 rings (SSSR count). The van der Waals surface area contributed by atoms with Crippen molar-refractivity contribution < 1.29 is 17.7 Å². The lowest BCUT2D eigenvalue weighted by atomic mass is 10.1. The summed E-state index contributed by atoms with van der Waals surface area (Å²) in [7, 11) is 0. The topological polar surface area (TPSA) is 0 Å². The summed E-state index contributed by atoms with van der Waals surface area (Å²) in [5, 5.41) is 0. The molecule has 2 aromatic rings. The molecule has 0 aliphatic carbocycles. The van der Waals surface area contributed by atoms with Crippen molar-refractivity contribution in [2.75, 3.05) is 6.54 Å². The van der Waals surface area contributed by atoms with Crippen LogP contribution in [0.15, 0.2) is 60.7 Å². The van der Waals surface area contributed by atoms with Crippen LogP contribution in [0.4, 0.5) is 13.2 Å². The molecule has 0 N–H and O–H groups in total. The minimum atomic E-state index is -4.12. The third-order valence-electron chi connectivity index (χ3n) is 4.12. The van der Waals surface area contributed by atoms with E-state index in [2.05, 4.69) is 0 Å². The van der Waals surface area contributed by atoms with E-state index in [1.165, 1.54) is 0 Å². The molecule has 1 nitrogen and oxygen atoms in total. The second-order valence-electron chi connectivity index (χ2n) is 5.75. The number of benzene rings is 2. The Hall–Kier alpha value is -1.81. The van der Waals surface area contributed by atoms with E-state index in [9.17, 15) is 13.2 Å². The van der Waals surface area contributed by atoms with Gasteiger partial charge < -0.3 is 0 Å². The third-order valence-corrected chi connectivity index (χ3v) is 4.12. The summed E-state index contributed by atoms with van der Waals surface area (Å²) in [5.41, 5.74) is 1.92. The first-order valence-electron chi connectivity index (χ1n) is 7.00. The van der Waals surface area contributed by atoms with Crippen molar-refractivity contribution in [1.82, 2.24) is 0 Å². The molecule has 0 unspecified atom stereocenters. The second kappa shape index (κ2) is 5.19. The fraction of sp³-hybridized carbons (Fsp3) is 0.294. The quantitative estimate of drug-likeness (QED) is 0.586. The molecule has 2 aromatic carbocycles. The first kappa shape index (κ1) is 14.1. The van der Waals surface area contributed by atoms with E-state index in [4.69, 9.17) is 0 Å². The monoisotopic (exact) mass is 292 g/mol. The zero-order chi connectivity index (χ0) is 14.9. The predicted molar refractivity (Wildman–Crippen MR) is 75.3 cm³/mol. The highest BCUT2D eigenvalue weighted by atomic mass is 19.4. The molecule has 1 saturated heterocycles. The van der Waals surface area contributed by atoms with E-state index in [1.54, 1.807) is 0 Å². The van der Waals surface area contributed by atoms with Gasteiger partial charge in [0.15, 0.2) is 0 Å². The van der Waals surface area contributed by atoms with Gasteiger partial charge in [0.2, 0.25) is 6.04 Å². The standard InChI is InChI=1S/C17H17F3N/c18-17(19,20)16-13-21(16,11-14-7-3-1-4-8-14)12-15-9-5-2-6-10-15/h1-10,16H,11-13H2/q+1/t16-/m1/s1. The van der Waals surface area contributed by atoms with E-state index in [0.717, 1.165) is 11.1 Å². The fourth-order valence-electron chi connectivity index (χ4n) is 3.01. The molecule has 0 saturated carbocycles. The van der Waals surface area contributed by atoms with E-state index in [-0.39, 0.29) is 11.0 Å². The molecule has 1 heterocycles. The van der Waals surface area contributed by atoms with Gasteiger partial charge in [-0.05, 0) is 0 Å². The van der Waals surface area contributed by atoms with Crippen LogP contribution < -0.4 is 0 Å². The van der Waals surface area contributed by atoms with E-state index < -0.39 is 12.2 Å². The molecule has 0 amide bonds. The van der Waals surface area contributed by atoms with Crippen LogP contribution >= 0.6 is 0 Å². The Balaban J connectivity index is 1.84. The fourth-order valence-corrected chi connectivity index (χ4v) is 3.01. The van der Waals surface area contributed by atoms with Crippen molar-refractivity contribution >= 4 is 0 Å². The summed E-state index contributed by atoms with van der Waals surface area (Å²) in [6.07, 6.45) is -4.12. The molecular formula is C17H17F3N+. The predicted octanol–water partition coefficient (Wildman–Crippen LogP) is 4.15. The Morgan fingerprint density at radius 1 is 0.810 bits per heavy atom. The van der Waals surface area contributed by atoms with Crippen LogP contribution in [0.1, 0.15) is 11.1 Å². The van der Waals surface area contributed by atoms with Crippen LogP contribution in [0.5, 0.6) is 0 Å². The molecule has 110 valence electrons. The minimum Gasteiger partial charge on any atom is -0.296 e. The molecule has 1 aliphatic heterocycles. The zero-order valence-corrected chi connectivity index (χ0v) is 11.6. The van der Waals surface area contributed by atoms with Gasteiger partial charge in [-0.3, -0.25) is 4.48 Å². The average Bonchev–Trinajstić information content (AvgIpc) is 3.15. The molecule has 0 aromatic heterocycles. The maximum atomic E-state index is 13.1. The van der Waals surface area contributed by atoms with Crippen molar-refractivity contribution in [3.63, 3.8) is 0 Å². The number of quaternary nitrogens is 1. The van der Waals surface area contributed by atoms with Crippen molar-refractivity contribution in [1.29, 1.82) is 0 Å². The Bertz CT molecular complexity index is 551. The van der Waals surface area contributed by atoms with E-state index >= 15 is 0 Å². The van der Waals surface area contributed by atoms with Gasteiger partial charge in [-0.1, -0.05) is 60.7 Å². The average molecular weight is 292 g/mol. The van der Waals surface area contributed by atoms with Gasteiger partial charge in [0.1, 0.15) is 19.6 Å². The summed E-state index contributed by atoms with van der Waals surface area (Å²) >= 11 is 0. The molecule has 4 heteroatoms. The number of nitrogens with zero attached hydrogens (tertiary/aromatic N) is 1. The first-order chi connectivity index (χ1) is 10.00. The van der Waals surface area contributed by atoms with E-state index in [1.807, 2.05) is 60.7 Å². The first-order valence-corrected chi connectivity index (χ1v) is 7.00. The Kier molecular flexibility index (Phi) is 3.49. The largest absolute Gasteiger partial charge is 0.447 e. The van der Waals surface area contributed by atoms with Gasteiger partial charge in [-0.25, -0.2) is 0 Å². The Morgan fingerprint density at radius 2 is 1.24 bits per heavy atom. The van der Waals surface area contributed by atoms with Crippen molar-refractivity contribution in [2.45, 2.75) is 25.3 Å². The molecule has 0 radical (unpaired) electrons. The highest BCUT2D eigenvalue weighted by Gasteiger charge is 2.68. The van der Waals surface area contributed by atoms with Gasteiger partial charge in [-0.15, -0.1) is 0 Å². The second-order valence-corrected chi connectivity index (χ2v) is 5.75. The lowest BCUT2D eigenvalue weighted by Gasteiger charge is -2.22. The number of hydrogen-bond acceptors (Lipinski definition) is 0. The van der Waals surface area contributed by atoms with E-state index in [0.29, 0.717) is 13.1 Å². The molecule has 21 heavy (non-hydrogen) atoms. The summed E-state index contributed by atoms with van der Waals surface area (Å²) in [6, 6.07) is 17.6. The third kappa shape index (κ3) is 3.10. The number of hydrogen-bond donors (Lipinski definition) is 0. The Morgan fingerprint density at radius 3 is 1.57 bits per heavy atom. The van der Waals surface area contributed by atoms with Gasteiger partial charge in [0, 0.05) is 11.1 Å². The highest BCUT2D eigenvalue weighted by Crippen LogP contribution is 2.45. The van der Waals surface area contributed by atoms with Crippen molar-refractivity contribution in [3.05, 3.63) is 71.8 Å². The summed E-state index contributed by atoms with van der Waals surface area (Å²) in [5.74, 6) is 0. The summed E-state index contributed by atoms with van der Waals surface area (Å²) in [4.78, 5) is 0. The smallest absolute Gasteiger partial charge is 0.296 e. The molecule has 1 atom stereocenters. The number of rotatable bonds is 4. The Labute approximate surface area is 122 Å². The normalized spacial score (nSPS) is 20.2. The van der Waals surface area contributed by atoms with Gasteiger partial charge in [0.25, 0.3) is 0 Å². The number of halogens is 3. The van der Waals surface area contributed by atoms with Crippen molar-refractivity contribution in [2.24, 2.45) is 0 Å². The molecule has 1 aliphatic rings. The van der Waals surface area contributed by atoms with Crippen LogP contribution in [-0.4, -0.2) is 23.2 Å². The summed E-state index contributed by atoms with van der Waals surface area (Å²) in [6.45, 7) is 1.03. The zero-order valence-electron chi connectivity index (χ0n) is 11.6. The lowest BCUT2D eigenvalue weighted by Crippen LogP contribution is -2.34. The SMILES string of the molecule is FC(F)(F)[C@H]1C[N+]1(Cc1ccccc1)Cc1ccccc1. The maximum Gasteiger partial charge on any atom is 0.447 e. The number of alkyl halides is 3. The highest BCUT2D eigenvalue weighted by molar-refractivity contribution is 5.16. The van der Waals surface area contributed by atoms with Crippen LogP contribution in [0.3, 0.4) is 0 Å². The van der Waals surface area contributed by atoms with Crippen LogP contribution in [0.2, 0.25) is 0 Å². The van der Waals surface area contributed by atoms with Gasteiger partial charge >= 0.3 is 6.18 Å². The summed E-state index contributed by atoms with van der Waals surface area (Å²) < 4.78 is 39.5. The van der Waals surface area contributed by atoms with Gasteiger partial charge in [-0.2, -0.15) is 13.2 Å². The lowest BCUT2D eigenvalue weighted by molar-refractivity contribution is -0.849. The van der Waals surface area contributed by atoms with Crippen LogP contribution in [-0.2, 0) is 13.1 Å². The molecule has 0 spiro atoms. The molecule has 0 bridgehead atoms. The maximum absolute atomic E-state index is 13.1. The van der Waals surface area contributed by atoms with Crippen molar-refractivity contribution in [3.8, 4) is 0 Å². The van der Waals surface area contributed by atoms with Crippen LogP contribution in [0, 0.1) is 0 Å². The molecule has 1 fully saturated rings. The van der Waals surface area contributed by atoms with Crippen LogP contribution in [0.25, 0.3) is 0 Å². The minimum absolute atomic E-state index is 0.0809. The van der Waals surface area contributed by atoms with Gasteiger partial charge in [0.05, 0.1) is 0 Å².